The van der Waals surface area contributed by atoms with E-state index in [1.54, 1.807) is 7.11 Å². The fraction of sp³-hybridized carbons (Fsp3) is 0.533. The Morgan fingerprint density at radius 2 is 1.95 bits per heavy atom. The maximum atomic E-state index is 11.8. The van der Waals surface area contributed by atoms with Crippen LogP contribution in [0.4, 0.5) is 0 Å². The normalized spacial score (nSPS) is 11.6. The summed E-state index contributed by atoms with van der Waals surface area (Å²) in [6.07, 6.45) is 2.04. The number of nitrogens with one attached hydrogen (secondary N) is 1. The molecule has 0 heterocycles. The molecule has 0 saturated heterocycles. The highest BCUT2D eigenvalue weighted by Crippen LogP contribution is 2.08. The number of sulfonamides is 1. The first-order valence-corrected chi connectivity index (χ1v) is 9.03. The molecular weight excluding hydrogens is 304 g/mol. The van der Waals surface area contributed by atoms with Crippen molar-refractivity contribution < 1.29 is 17.9 Å². The SMILES string of the molecule is COCCCNC(=O)CCN(Cc1ccccc1)S(C)(=O)=O. The number of rotatable bonds is 10. The van der Waals surface area contributed by atoms with E-state index in [2.05, 4.69) is 5.32 Å². The van der Waals surface area contributed by atoms with Gasteiger partial charge in [-0.2, -0.15) is 4.31 Å². The predicted octanol–water partition coefficient (Wildman–Crippen LogP) is 0.991. The Labute approximate surface area is 132 Å². The van der Waals surface area contributed by atoms with E-state index in [-0.39, 0.29) is 25.4 Å². The molecule has 0 atom stereocenters. The summed E-state index contributed by atoms with van der Waals surface area (Å²) in [5, 5.41) is 2.75. The second kappa shape index (κ2) is 9.55. The summed E-state index contributed by atoms with van der Waals surface area (Å²) in [4.78, 5) is 11.7. The third-order valence-corrected chi connectivity index (χ3v) is 4.36. The molecule has 22 heavy (non-hydrogen) atoms. The molecule has 7 heteroatoms. The Hall–Kier alpha value is -1.44. The van der Waals surface area contributed by atoms with Crippen molar-refractivity contribution in [3.63, 3.8) is 0 Å². The Balaban J connectivity index is 2.48. The number of carbonyl (C=O) groups is 1. The molecule has 124 valence electrons. The van der Waals surface area contributed by atoms with Crippen LogP contribution in [-0.4, -0.2) is 51.7 Å². The van der Waals surface area contributed by atoms with Crippen LogP contribution in [0.1, 0.15) is 18.4 Å². The van der Waals surface area contributed by atoms with Crippen LogP contribution < -0.4 is 5.32 Å². The molecule has 0 aliphatic heterocycles. The van der Waals surface area contributed by atoms with Gasteiger partial charge >= 0.3 is 0 Å². The summed E-state index contributed by atoms with van der Waals surface area (Å²) in [5.41, 5.74) is 0.897. The Bertz CT molecular complexity index is 546. The van der Waals surface area contributed by atoms with Crippen LogP contribution in [-0.2, 0) is 26.1 Å². The largest absolute Gasteiger partial charge is 0.385 e. The lowest BCUT2D eigenvalue weighted by atomic mass is 10.2. The van der Waals surface area contributed by atoms with Crippen molar-refractivity contribution in [1.29, 1.82) is 0 Å². The quantitative estimate of drug-likeness (QED) is 0.650. The molecule has 1 aromatic rings. The second-order valence-electron chi connectivity index (χ2n) is 5.03. The third-order valence-electron chi connectivity index (χ3n) is 3.11. The molecule has 0 saturated carbocycles. The lowest BCUT2D eigenvalue weighted by Crippen LogP contribution is -2.34. The minimum absolute atomic E-state index is 0.146. The Morgan fingerprint density at radius 1 is 1.27 bits per heavy atom. The van der Waals surface area contributed by atoms with Crippen LogP contribution in [0.3, 0.4) is 0 Å². The molecule has 0 aromatic heterocycles. The zero-order valence-corrected chi connectivity index (χ0v) is 13.9. The molecule has 0 aliphatic rings. The zero-order chi connectivity index (χ0) is 16.4. The maximum absolute atomic E-state index is 11.8. The molecule has 0 unspecified atom stereocenters. The number of hydrogen-bond donors (Lipinski definition) is 1. The average molecular weight is 328 g/mol. The smallest absolute Gasteiger partial charge is 0.221 e. The van der Waals surface area contributed by atoms with Crippen molar-refractivity contribution in [2.75, 3.05) is 33.1 Å². The summed E-state index contributed by atoms with van der Waals surface area (Å²) in [6, 6.07) is 9.32. The van der Waals surface area contributed by atoms with Gasteiger partial charge in [-0.15, -0.1) is 0 Å². The van der Waals surface area contributed by atoms with Crippen molar-refractivity contribution in [2.24, 2.45) is 0 Å². The molecule has 1 amide bonds. The van der Waals surface area contributed by atoms with Crippen LogP contribution in [0.2, 0.25) is 0 Å². The summed E-state index contributed by atoms with van der Waals surface area (Å²) in [6.45, 7) is 1.56. The van der Waals surface area contributed by atoms with Gasteiger partial charge in [0, 0.05) is 39.8 Å². The molecule has 0 fully saturated rings. The summed E-state index contributed by atoms with van der Waals surface area (Å²) < 4.78 is 29.9. The first-order valence-electron chi connectivity index (χ1n) is 7.18. The van der Waals surface area contributed by atoms with Gasteiger partial charge in [0.15, 0.2) is 0 Å². The molecule has 1 rings (SSSR count). The fourth-order valence-corrected chi connectivity index (χ4v) is 2.71. The topological polar surface area (TPSA) is 75.7 Å². The van der Waals surface area contributed by atoms with E-state index in [1.165, 1.54) is 4.31 Å². The first-order chi connectivity index (χ1) is 10.4. The monoisotopic (exact) mass is 328 g/mol. The molecule has 1 aromatic carbocycles. The minimum atomic E-state index is -3.35. The second-order valence-corrected chi connectivity index (χ2v) is 7.01. The van der Waals surface area contributed by atoms with Gasteiger partial charge in [-0.05, 0) is 12.0 Å². The first kappa shape index (κ1) is 18.6. The number of ether oxygens (including phenoxy) is 1. The van der Waals surface area contributed by atoms with Crippen molar-refractivity contribution in [2.45, 2.75) is 19.4 Å². The van der Waals surface area contributed by atoms with Crippen LogP contribution in [0.25, 0.3) is 0 Å². The number of nitrogens with zero attached hydrogens (tertiary/aromatic N) is 1. The number of benzene rings is 1. The van der Waals surface area contributed by atoms with E-state index in [0.717, 1.165) is 18.2 Å². The van der Waals surface area contributed by atoms with Gasteiger partial charge < -0.3 is 10.1 Å². The highest BCUT2D eigenvalue weighted by Gasteiger charge is 2.18. The van der Waals surface area contributed by atoms with Crippen molar-refractivity contribution in [1.82, 2.24) is 9.62 Å². The van der Waals surface area contributed by atoms with E-state index in [9.17, 15) is 13.2 Å². The highest BCUT2D eigenvalue weighted by molar-refractivity contribution is 7.88. The van der Waals surface area contributed by atoms with E-state index >= 15 is 0 Å². The highest BCUT2D eigenvalue weighted by atomic mass is 32.2. The van der Waals surface area contributed by atoms with Crippen molar-refractivity contribution in [3.05, 3.63) is 35.9 Å². The zero-order valence-electron chi connectivity index (χ0n) is 13.1. The Morgan fingerprint density at radius 3 is 2.55 bits per heavy atom. The summed E-state index contributed by atoms with van der Waals surface area (Å²) >= 11 is 0. The summed E-state index contributed by atoms with van der Waals surface area (Å²) in [5.74, 6) is -0.155. The van der Waals surface area contributed by atoms with Gasteiger partial charge in [-0.3, -0.25) is 4.79 Å². The van der Waals surface area contributed by atoms with Gasteiger partial charge in [0.05, 0.1) is 6.26 Å². The van der Waals surface area contributed by atoms with Crippen molar-refractivity contribution in [3.8, 4) is 0 Å². The number of amides is 1. The standard InChI is InChI=1S/C15H24N2O4S/c1-21-12-6-10-16-15(18)9-11-17(22(2,19)20)13-14-7-4-3-5-8-14/h3-5,7-8H,6,9-13H2,1-2H3,(H,16,18). The van der Waals surface area contributed by atoms with Gasteiger partial charge in [-0.25, -0.2) is 8.42 Å². The van der Waals surface area contributed by atoms with Crippen LogP contribution >= 0.6 is 0 Å². The maximum Gasteiger partial charge on any atom is 0.221 e. The van der Waals surface area contributed by atoms with Crippen LogP contribution in [0, 0.1) is 0 Å². The van der Waals surface area contributed by atoms with E-state index < -0.39 is 10.0 Å². The van der Waals surface area contributed by atoms with Gasteiger partial charge in [0.25, 0.3) is 0 Å². The van der Waals surface area contributed by atoms with Gasteiger partial charge in [-0.1, -0.05) is 30.3 Å². The van der Waals surface area contributed by atoms with E-state index in [1.807, 2.05) is 30.3 Å². The molecule has 0 aliphatic carbocycles. The fourth-order valence-electron chi connectivity index (χ4n) is 1.91. The lowest BCUT2D eigenvalue weighted by Gasteiger charge is -2.19. The average Bonchev–Trinajstić information content (AvgIpc) is 2.48. The molecule has 0 radical (unpaired) electrons. The number of methoxy groups -OCH3 is 1. The number of carbonyl (C=O) groups excluding carboxylic acids is 1. The Kier molecular flexibility index (Phi) is 8.08. The number of hydrogen-bond acceptors (Lipinski definition) is 4. The van der Waals surface area contributed by atoms with E-state index in [4.69, 9.17) is 4.74 Å². The third kappa shape index (κ3) is 7.53. The molecule has 0 spiro atoms. The summed E-state index contributed by atoms with van der Waals surface area (Å²) in [7, 11) is -1.75. The van der Waals surface area contributed by atoms with Gasteiger partial charge in [0.1, 0.15) is 0 Å². The molecule has 6 nitrogen and oxygen atoms in total. The van der Waals surface area contributed by atoms with Crippen LogP contribution in [0.5, 0.6) is 0 Å². The molecule has 0 bridgehead atoms. The van der Waals surface area contributed by atoms with Gasteiger partial charge in [0.2, 0.25) is 15.9 Å². The van der Waals surface area contributed by atoms with Crippen molar-refractivity contribution >= 4 is 15.9 Å². The van der Waals surface area contributed by atoms with Crippen LogP contribution in [0.15, 0.2) is 30.3 Å². The minimum Gasteiger partial charge on any atom is -0.385 e. The predicted molar refractivity (Wildman–Crippen MR) is 85.8 cm³/mol. The van der Waals surface area contributed by atoms with E-state index in [0.29, 0.717) is 13.2 Å². The lowest BCUT2D eigenvalue weighted by molar-refractivity contribution is -0.121. The molecule has 1 N–H and O–H groups in total. The molecular formula is C15H24N2O4S.